The van der Waals surface area contributed by atoms with Crippen LogP contribution >= 0.6 is 11.6 Å². The van der Waals surface area contributed by atoms with Gasteiger partial charge in [-0.3, -0.25) is 9.59 Å². The van der Waals surface area contributed by atoms with E-state index in [4.69, 9.17) is 11.6 Å². The fraction of sp³-hybridized carbons (Fsp3) is 0.364. The molecule has 4 rings (SSSR count). The highest BCUT2D eigenvalue weighted by atomic mass is 35.5. The maximum absolute atomic E-state index is 13.5. The molecule has 0 amide bonds. The minimum absolute atomic E-state index is 0.00220. The largest absolute Gasteiger partial charge is 0.417 e. The van der Waals surface area contributed by atoms with Crippen molar-refractivity contribution in [2.75, 3.05) is 0 Å². The topological polar surface area (TPSA) is 34.1 Å². The van der Waals surface area contributed by atoms with Gasteiger partial charge in [0.05, 0.1) is 5.56 Å². The summed E-state index contributed by atoms with van der Waals surface area (Å²) in [6.45, 7) is 1.78. The number of Topliss-reactive ketones (excluding diaryl/α,β-unsaturated/α-hetero) is 2. The Bertz CT molecular complexity index is 958. The van der Waals surface area contributed by atoms with Crippen LogP contribution in [0, 0.1) is 18.8 Å². The number of hydrogen-bond donors (Lipinski definition) is 0. The third kappa shape index (κ3) is 3.16. The lowest BCUT2D eigenvalue weighted by Crippen LogP contribution is -2.35. The van der Waals surface area contributed by atoms with Crippen molar-refractivity contribution in [2.45, 2.75) is 38.3 Å². The smallest absolute Gasteiger partial charge is 0.298 e. The van der Waals surface area contributed by atoms with Crippen LogP contribution in [0.2, 0.25) is 5.02 Å². The third-order valence-corrected chi connectivity index (χ3v) is 6.23. The van der Waals surface area contributed by atoms with Crippen LogP contribution in [0.4, 0.5) is 13.2 Å². The highest BCUT2D eigenvalue weighted by Crippen LogP contribution is 2.45. The molecule has 2 aliphatic carbocycles. The molecule has 6 heteroatoms. The van der Waals surface area contributed by atoms with Crippen LogP contribution in [0.15, 0.2) is 36.4 Å². The fourth-order valence-electron chi connectivity index (χ4n) is 4.54. The summed E-state index contributed by atoms with van der Waals surface area (Å²) in [7, 11) is 0. The number of carbonyl (C=O) groups is 2. The molecule has 0 spiro atoms. The van der Waals surface area contributed by atoms with Crippen LogP contribution < -0.4 is 0 Å². The van der Waals surface area contributed by atoms with Crippen molar-refractivity contribution in [3.8, 4) is 11.1 Å². The van der Waals surface area contributed by atoms with Crippen molar-refractivity contribution in [3.63, 3.8) is 0 Å². The molecule has 2 aliphatic rings. The van der Waals surface area contributed by atoms with Gasteiger partial charge in [0.25, 0.3) is 0 Å². The maximum atomic E-state index is 13.5. The molecule has 0 saturated heterocycles. The predicted molar refractivity (Wildman–Crippen MR) is 100 cm³/mol. The Labute approximate surface area is 165 Å². The van der Waals surface area contributed by atoms with Crippen LogP contribution in [-0.4, -0.2) is 11.6 Å². The third-order valence-electron chi connectivity index (χ3n) is 5.99. The van der Waals surface area contributed by atoms with Crippen molar-refractivity contribution in [2.24, 2.45) is 11.8 Å². The number of halogens is 4. The summed E-state index contributed by atoms with van der Waals surface area (Å²) in [6, 6.07) is 8.46. The number of fused-ring (bicyclic) bond motifs is 2. The van der Waals surface area contributed by atoms with Gasteiger partial charge in [-0.05, 0) is 66.6 Å². The molecule has 2 bridgehead atoms. The van der Waals surface area contributed by atoms with E-state index in [-0.39, 0.29) is 34.0 Å². The lowest BCUT2D eigenvalue weighted by molar-refractivity contribution is -0.137. The Kier molecular flexibility index (Phi) is 4.61. The second kappa shape index (κ2) is 6.73. The van der Waals surface area contributed by atoms with Gasteiger partial charge in [-0.25, -0.2) is 0 Å². The van der Waals surface area contributed by atoms with E-state index in [9.17, 15) is 22.8 Å². The number of carbonyl (C=O) groups excluding carboxylic acids is 2. The molecule has 2 aromatic carbocycles. The van der Waals surface area contributed by atoms with Crippen molar-refractivity contribution >= 4 is 23.2 Å². The number of rotatable bonds is 2. The predicted octanol–water partition coefficient (Wildman–Crippen LogP) is 5.99. The summed E-state index contributed by atoms with van der Waals surface area (Å²) in [4.78, 5) is 25.7. The van der Waals surface area contributed by atoms with Gasteiger partial charge in [-0.1, -0.05) is 29.8 Å². The quantitative estimate of drug-likeness (QED) is 0.574. The summed E-state index contributed by atoms with van der Waals surface area (Å²) in [5.74, 6) is -1.28. The number of benzene rings is 2. The van der Waals surface area contributed by atoms with E-state index in [1.165, 1.54) is 12.1 Å². The van der Waals surface area contributed by atoms with E-state index in [0.29, 0.717) is 17.5 Å². The second-order valence-corrected chi connectivity index (χ2v) is 8.14. The van der Waals surface area contributed by atoms with Crippen LogP contribution in [0.3, 0.4) is 0 Å². The van der Waals surface area contributed by atoms with Gasteiger partial charge in [-0.15, -0.1) is 0 Å². The summed E-state index contributed by atoms with van der Waals surface area (Å²) in [5, 5.41) is -0.00220. The number of alkyl halides is 3. The van der Waals surface area contributed by atoms with Gasteiger partial charge in [-0.2, -0.15) is 13.2 Å². The Morgan fingerprint density at radius 3 is 2.21 bits per heavy atom. The summed E-state index contributed by atoms with van der Waals surface area (Å²) >= 11 is 5.78. The molecule has 0 N–H and O–H groups in total. The molecule has 28 heavy (non-hydrogen) atoms. The van der Waals surface area contributed by atoms with Gasteiger partial charge in [0.2, 0.25) is 0 Å². The van der Waals surface area contributed by atoms with E-state index in [2.05, 4.69) is 0 Å². The zero-order chi connectivity index (χ0) is 20.2. The monoisotopic (exact) mass is 406 g/mol. The lowest BCUT2D eigenvalue weighted by Gasteiger charge is -2.27. The first-order valence-corrected chi connectivity index (χ1v) is 9.59. The Morgan fingerprint density at radius 1 is 0.964 bits per heavy atom. The second-order valence-electron chi connectivity index (χ2n) is 7.70. The first-order valence-electron chi connectivity index (χ1n) is 9.22. The van der Waals surface area contributed by atoms with Crippen LogP contribution in [0.1, 0.15) is 41.9 Å². The molecule has 2 atom stereocenters. The van der Waals surface area contributed by atoms with Gasteiger partial charge in [0.1, 0.15) is 5.92 Å². The number of ketones is 2. The van der Waals surface area contributed by atoms with E-state index in [0.717, 1.165) is 24.5 Å². The van der Waals surface area contributed by atoms with Crippen molar-refractivity contribution in [1.82, 2.24) is 0 Å². The molecular weight excluding hydrogens is 389 g/mol. The highest BCUT2D eigenvalue weighted by molar-refractivity contribution is 6.30. The fourth-order valence-corrected chi connectivity index (χ4v) is 4.71. The zero-order valence-electron chi connectivity index (χ0n) is 15.1. The molecule has 2 unspecified atom stereocenters. The van der Waals surface area contributed by atoms with Gasteiger partial charge >= 0.3 is 6.18 Å². The maximum Gasteiger partial charge on any atom is 0.417 e. The SMILES string of the molecule is Cc1ccc(-c2ccc(Cl)cc2C(F)(F)F)cc1C1C(=O)C2CCC(C2)C1=O. The summed E-state index contributed by atoms with van der Waals surface area (Å²) < 4.78 is 40.5. The molecule has 146 valence electrons. The lowest BCUT2D eigenvalue weighted by atomic mass is 9.74. The van der Waals surface area contributed by atoms with E-state index >= 15 is 0 Å². The molecule has 0 aromatic heterocycles. The van der Waals surface area contributed by atoms with E-state index in [1.807, 2.05) is 0 Å². The average Bonchev–Trinajstić information content (AvgIpc) is 3.08. The van der Waals surface area contributed by atoms with Gasteiger partial charge < -0.3 is 0 Å². The van der Waals surface area contributed by atoms with E-state index in [1.54, 1.807) is 25.1 Å². The molecule has 2 fully saturated rings. The minimum Gasteiger partial charge on any atom is -0.298 e. The summed E-state index contributed by atoms with van der Waals surface area (Å²) in [5.41, 5.74) is 0.725. The van der Waals surface area contributed by atoms with Gasteiger partial charge in [0.15, 0.2) is 11.6 Å². The van der Waals surface area contributed by atoms with Crippen molar-refractivity contribution < 1.29 is 22.8 Å². The number of hydrogen-bond acceptors (Lipinski definition) is 2. The summed E-state index contributed by atoms with van der Waals surface area (Å²) in [6.07, 6.45) is -2.51. The zero-order valence-corrected chi connectivity index (χ0v) is 15.9. The Hall–Kier alpha value is -2.14. The Morgan fingerprint density at radius 2 is 1.61 bits per heavy atom. The van der Waals surface area contributed by atoms with Crippen LogP contribution in [0.25, 0.3) is 11.1 Å². The molecule has 2 aromatic rings. The average molecular weight is 407 g/mol. The standard InChI is InChI=1S/C22H18ClF3O2/c1-11-2-3-12(16-7-6-15(23)10-18(16)22(24,25)26)9-17(11)19-20(27)13-4-5-14(8-13)21(19)28/h2-3,6-7,9-10,13-14,19H,4-5,8H2,1H3. The van der Waals surface area contributed by atoms with Crippen LogP contribution in [0.5, 0.6) is 0 Å². The first-order chi connectivity index (χ1) is 13.2. The molecule has 0 heterocycles. The van der Waals surface area contributed by atoms with Gasteiger partial charge in [0, 0.05) is 16.9 Å². The normalized spacial score (nSPS) is 24.7. The number of aryl methyl sites for hydroxylation is 1. The Balaban J connectivity index is 1.84. The molecule has 2 nitrogen and oxygen atoms in total. The van der Waals surface area contributed by atoms with Crippen LogP contribution in [-0.2, 0) is 15.8 Å². The molecule has 0 aliphatic heterocycles. The van der Waals surface area contributed by atoms with Crippen molar-refractivity contribution in [1.29, 1.82) is 0 Å². The molecular formula is C22H18ClF3O2. The highest BCUT2D eigenvalue weighted by Gasteiger charge is 2.47. The first kappa shape index (κ1) is 19.2. The van der Waals surface area contributed by atoms with E-state index < -0.39 is 17.7 Å². The molecule has 2 saturated carbocycles. The van der Waals surface area contributed by atoms with Crippen molar-refractivity contribution in [3.05, 3.63) is 58.1 Å². The molecule has 0 radical (unpaired) electrons. The minimum atomic E-state index is -4.57.